The lowest BCUT2D eigenvalue weighted by atomic mass is 10.1. The van der Waals surface area contributed by atoms with Crippen LogP contribution in [0.1, 0.15) is 38.2 Å². The molecule has 3 nitrogen and oxygen atoms in total. The summed E-state index contributed by atoms with van der Waals surface area (Å²) < 4.78 is 0. The molecule has 0 unspecified atom stereocenters. The summed E-state index contributed by atoms with van der Waals surface area (Å²) in [5, 5.41) is 1.07. The van der Waals surface area contributed by atoms with E-state index < -0.39 is 0 Å². The van der Waals surface area contributed by atoms with Crippen LogP contribution in [-0.2, 0) is 6.42 Å². The molecule has 0 aliphatic carbocycles. The highest BCUT2D eigenvalue weighted by molar-refractivity contribution is 5.76. The Balaban J connectivity index is 2.71. The molecule has 0 N–H and O–H groups in total. The fourth-order valence-electron chi connectivity index (χ4n) is 1.57. The third kappa shape index (κ3) is 1.82. The van der Waals surface area contributed by atoms with Crippen molar-refractivity contribution in [3.8, 4) is 0 Å². The second kappa shape index (κ2) is 3.93. The summed E-state index contributed by atoms with van der Waals surface area (Å²) in [5.41, 5.74) is 1.91. The zero-order valence-electron chi connectivity index (χ0n) is 9.36. The molecule has 0 radical (unpaired) electrons. The van der Waals surface area contributed by atoms with Gasteiger partial charge in [-0.1, -0.05) is 20.8 Å². The minimum atomic E-state index is 0.349. The van der Waals surface area contributed by atoms with Crippen molar-refractivity contribution in [2.75, 3.05) is 0 Å². The maximum atomic E-state index is 4.57. The molecule has 0 fully saturated rings. The van der Waals surface area contributed by atoms with E-state index in [1.807, 2.05) is 12.1 Å². The Morgan fingerprint density at radius 1 is 1.27 bits per heavy atom. The maximum Gasteiger partial charge on any atom is 0.163 e. The standard InChI is InChI=1S/C12H15N3/c1-4-10-9-6-5-7-13-12(9)15-11(14-10)8(2)3/h5-8H,4H2,1-3H3. The predicted molar refractivity (Wildman–Crippen MR) is 60.8 cm³/mol. The highest BCUT2D eigenvalue weighted by Crippen LogP contribution is 2.17. The lowest BCUT2D eigenvalue weighted by Gasteiger charge is -2.08. The Kier molecular flexibility index (Phi) is 2.62. The Hall–Kier alpha value is -1.51. The van der Waals surface area contributed by atoms with Gasteiger partial charge in [-0.3, -0.25) is 0 Å². The van der Waals surface area contributed by atoms with Crippen molar-refractivity contribution < 1.29 is 0 Å². The van der Waals surface area contributed by atoms with E-state index in [2.05, 4.69) is 35.7 Å². The van der Waals surface area contributed by atoms with Gasteiger partial charge in [0.2, 0.25) is 0 Å². The summed E-state index contributed by atoms with van der Waals surface area (Å²) in [6.07, 6.45) is 2.70. The van der Waals surface area contributed by atoms with Gasteiger partial charge >= 0.3 is 0 Å². The van der Waals surface area contributed by atoms with Crippen molar-refractivity contribution >= 4 is 11.0 Å². The van der Waals surface area contributed by atoms with Gasteiger partial charge in [-0.2, -0.15) is 0 Å². The molecule has 3 heteroatoms. The molecular formula is C12H15N3. The second-order valence-corrected chi connectivity index (χ2v) is 3.91. The van der Waals surface area contributed by atoms with Gasteiger partial charge in [0.05, 0.1) is 5.69 Å². The SMILES string of the molecule is CCc1nc(C(C)C)nc2ncccc12. The number of fused-ring (bicyclic) bond motifs is 1. The topological polar surface area (TPSA) is 38.7 Å². The Morgan fingerprint density at radius 3 is 2.73 bits per heavy atom. The van der Waals surface area contributed by atoms with Crippen molar-refractivity contribution in [3.63, 3.8) is 0 Å². The summed E-state index contributed by atoms with van der Waals surface area (Å²) in [4.78, 5) is 13.3. The average molecular weight is 201 g/mol. The second-order valence-electron chi connectivity index (χ2n) is 3.91. The van der Waals surface area contributed by atoms with E-state index in [-0.39, 0.29) is 0 Å². The Labute approximate surface area is 89.6 Å². The van der Waals surface area contributed by atoms with Crippen LogP contribution in [-0.4, -0.2) is 15.0 Å². The van der Waals surface area contributed by atoms with Crippen LogP contribution in [0, 0.1) is 0 Å². The fourth-order valence-corrected chi connectivity index (χ4v) is 1.57. The lowest BCUT2D eigenvalue weighted by Crippen LogP contribution is -2.03. The van der Waals surface area contributed by atoms with Crippen LogP contribution in [0.25, 0.3) is 11.0 Å². The Bertz CT molecular complexity index is 477. The molecule has 0 spiro atoms. The minimum absolute atomic E-state index is 0.349. The van der Waals surface area contributed by atoms with Gasteiger partial charge in [-0.05, 0) is 18.6 Å². The lowest BCUT2D eigenvalue weighted by molar-refractivity contribution is 0.767. The van der Waals surface area contributed by atoms with Crippen molar-refractivity contribution in [2.45, 2.75) is 33.1 Å². The third-order valence-corrected chi connectivity index (χ3v) is 2.42. The van der Waals surface area contributed by atoms with Gasteiger partial charge < -0.3 is 0 Å². The van der Waals surface area contributed by atoms with E-state index in [1.165, 1.54) is 0 Å². The highest BCUT2D eigenvalue weighted by Gasteiger charge is 2.08. The first-order chi connectivity index (χ1) is 7.22. The predicted octanol–water partition coefficient (Wildman–Crippen LogP) is 2.71. The van der Waals surface area contributed by atoms with Crippen LogP contribution in [0.5, 0.6) is 0 Å². The van der Waals surface area contributed by atoms with Crippen LogP contribution < -0.4 is 0 Å². The normalized spacial score (nSPS) is 11.2. The maximum absolute atomic E-state index is 4.57. The molecule has 0 atom stereocenters. The highest BCUT2D eigenvalue weighted by atomic mass is 14.9. The first-order valence-corrected chi connectivity index (χ1v) is 5.34. The van der Waals surface area contributed by atoms with Crippen molar-refractivity contribution in [3.05, 3.63) is 29.8 Å². The van der Waals surface area contributed by atoms with Crippen LogP contribution in [0.2, 0.25) is 0 Å². The summed E-state index contributed by atoms with van der Waals surface area (Å²) in [5.74, 6) is 1.24. The van der Waals surface area contributed by atoms with E-state index in [4.69, 9.17) is 0 Å². The molecule has 78 valence electrons. The zero-order chi connectivity index (χ0) is 10.8. The van der Waals surface area contributed by atoms with E-state index >= 15 is 0 Å². The van der Waals surface area contributed by atoms with Crippen molar-refractivity contribution in [2.24, 2.45) is 0 Å². The van der Waals surface area contributed by atoms with E-state index in [9.17, 15) is 0 Å². The van der Waals surface area contributed by atoms with Gasteiger partial charge in [-0.25, -0.2) is 15.0 Å². The van der Waals surface area contributed by atoms with Crippen LogP contribution >= 0.6 is 0 Å². The molecule has 0 aliphatic heterocycles. The van der Waals surface area contributed by atoms with Crippen molar-refractivity contribution in [1.29, 1.82) is 0 Å². The average Bonchev–Trinajstić information content (AvgIpc) is 2.27. The summed E-state index contributed by atoms with van der Waals surface area (Å²) >= 11 is 0. The number of aromatic nitrogens is 3. The molecule has 0 saturated carbocycles. The molecular weight excluding hydrogens is 186 g/mol. The number of hydrogen-bond donors (Lipinski definition) is 0. The van der Waals surface area contributed by atoms with E-state index in [0.29, 0.717) is 5.92 Å². The molecule has 2 heterocycles. The third-order valence-electron chi connectivity index (χ3n) is 2.42. The summed E-state index contributed by atoms with van der Waals surface area (Å²) in [6.45, 7) is 6.31. The largest absolute Gasteiger partial charge is 0.237 e. The summed E-state index contributed by atoms with van der Waals surface area (Å²) in [7, 11) is 0. The molecule has 0 bridgehead atoms. The molecule has 0 aliphatic rings. The molecule has 0 amide bonds. The fraction of sp³-hybridized carbons (Fsp3) is 0.417. The van der Waals surface area contributed by atoms with Gasteiger partial charge in [-0.15, -0.1) is 0 Å². The molecule has 2 aromatic rings. The quantitative estimate of drug-likeness (QED) is 0.749. The first-order valence-electron chi connectivity index (χ1n) is 5.34. The van der Waals surface area contributed by atoms with Crippen LogP contribution in [0.3, 0.4) is 0 Å². The molecule has 2 rings (SSSR count). The number of hydrogen-bond acceptors (Lipinski definition) is 3. The monoisotopic (exact) mass is 201 g/mol. The van der Waals surface area contributed by atoms with Gasteiger partial charge in [0.25, 0.3) is 0 Å². The zero-order valence-corrected chi connectivity index (χ0v) is 9.36. The summed E-state index contributed by atoms with van der Waals surface area (Å²) in [6, 6.07) is 3.96. The van der Waals surface area contributed by atoms with Crippen molar-refractivity contribution in [1.82, 2.24) is 15.0 Å². The number of rotatable bonds is 2. The van der Waals surface area contributed by atoms with Gasteiger partial charge in [0.1, 0.15) is 5.82 Å². The smallest absolute Gasteiger partial charge is 0.163 e. The van der Waals surface area contributed by atoms with Crippen LogP contribution in [0.15, 0.2) is 18.3 Å². The first kappa shape index (κ1) is 10.0. The van der Waals surface area contributed by atoms with Gasteiger partial charge in [0.15, 0.2) is 5.65 Å². The number of pyridine rings is 1. The molecule has 0 saturated heterocycles. The molecule has 0 aromatic carbocycles. The Morgan fingerprint density at radius 2 is 2.07 bits per heavy atom. The van der Waals surface area contributed by atoms with Gasteiger partial charge in [0, 0.05) is 17.5 Å². The van der Waals surface area contributed by atoms with E-state index in [0.717, 1.165) is 29.0 Å². The van der Waals surface area contributed by atoms with E-state index in [1.54, 1.807) is 6.20 Å². The minimum Gasteiger partial charge on any atom is -0.237 e. The molecule has 2 aromatic heterocycles. The molecule has 15 heavy (non-hydrogen) atoms. The van der Waals surface area contributed by atoms with Crippen LogP contribution in [0.4, 0.5) is 0 Å². The number of aryl methyl sites for hydroxylation is 1. The number of nitrogens with zero attached hydrogens (tertiary/aromatic N) is 3.